The van der Waals surface area contributed by atoms with Crippen LogP contribution in [0.3, 0.4) is 0 Å². The van der Waals surface area contributed by atoms with E-state index in [0.29, 0.717) is 5.75 Å². The normalized spacial score (nSPS) is 18.5. The predicted octanol–water partition coefficient (Wildman–Crippen LogP) is 2.68. The topological polar surface area (TPSA) is 35.5 Å². The summed E-state index contributed by atoms with van der Waals surface area (Å²) in [5, 5.41) is 13.5. The Hall–Kier alpha value is -0.840. The molecule has 1 aliphatic heterocycles. The molecular weight excluding hydrogens is 292 g/mol. The largest absolute Gasteiger partial charge is 0.508 e. The average molecular weight is 311 g/mol. The van der Waals surface area contributed by atoms with E-state index in [1.807, 2.05) is 18.2 Å². The van der Waals surface area contributed by atoms with Crippen molar-refractivity contribution in [3.8, 4) is 5.75 Å². The maximum atomic E-state index is 10.1. The molecule has 1 atom stereocenters. The third-order valence-electron chi connectivity index (χ3n) is 3.33. The van der Waals surface area contributed by atoms with Gasteiger partial charge in [0.2, 0.25) is 0 Å². The van der Waals surface area contributed by atoms with Crippen LogP contribution in [0.4, 0.5) is 0 Å². The van der Waals surface area contributed by atoms with E-state index in [2.05, 4.69) is 32.7 Å². The summed E-state index contributed by atoms with van der Waals surface area (Å²) in [6, 6.07) is 5.95. The summed E-state index contributed by atoms with van der Waals surface area (Å²) in [5.74, 6) is 0.356. The molecule has 0 unspecified atom stereocenters. The Morgan fingerprint density at radius 3 is 2.78 bits per heavy atom. The second-order valence-electron chi connectivity index (χ2n) is 4.53. The van der Waals surface area contributed by atoms with Crippen LogP contribution >= 0.6 is 15.9 Å². The van der Waals surface area contributed by atoms with Crippen molar-refractivity contribution in [2.45, 2.75) is 12.5 Å². The summed E-state index contributed by atoms with van der Waals surface area (Å²) in [6.07, 6.45) is 2.78. The standard InChI is InChI=1S/C14H19BrN2O/c1-2-3-13(17-8-6-16-7-9-17)12-5-4-11(15)10-14(12)18/h2,4-5,10,13,16,18H,1,3,6-9H2/t13-/m0/s1. The molecule has 0 saturated carbocycles. The van der Waals surface area contributed by atoms with Gasteiger partial charge in [0.25, 0.3) is 0 Å². The molecule has 0 amide bonds. The molecule has 0 aliphatic carbocycles. The van der Waals surface area contributed by atoms with E-state index in [1.165, 1.54) is 0 Å². The van der Waals surface area contributed by atoms with Crippen LogP contribution in [0.2, 0.25) is 0 Å². The first kappa shape index (κ1) is 13.6. The number of halogens is 1. The van der Waals surface area contributed by atoms with E-state index in [0.717, 1.165) is 42.6 Å². The van der Waals surface area contributed by atoms with E-state index < -0.39 is 0 Å². The van der Waals surface area contributed by atoms with Gasteiger partial charge in [-0.2, -0.15) is 0 Å². The molecule has 4 heteroatoms. The Morgan fingerprint density at radius 1 is 1.44 bits per heavy atom. The molecule has 1 fully saturated rings. The highest BCUT2D eigenvalue weighted by Crippen LogP contribution is 2.33. The number of benzene rings is 1. The Kier molecular flexibility index (Phi) is 4.80. The van der Waals surface area contributed by atoms with Crippen LogP contribution in [0.15, 0.2) is 35.3 Å². The number of hydrogen-bond acceptors (Lipinski definition) is 3. The van der Waals surface area contributed by atoms with E-state index in [9.17, 15) is 5.11 Å². The van der Waals surface area contributed by atoms with Crippen LogP contribution in [-0.4, -0.2) is 36.2 Å². The van der Waals surface area contributed by atoms with E-state index in [1.54, 1.807) is 6.07 Å². The number of piperazine rings is 1. The molecule has 98 valence electrons. The third-order valence-corrected chi connectivity index (χ3v) is 3.83. The van der Waals surface area contributed by atoms with Crippen LogP contribution in [0.5, 0.6) is 5.75 Å². The van der Waals surface area contributed by atoms with Crippen molar-refractivity contribution in [3.05, 3.63) is 40.9 Å². The molecule has 1 aromatic carbocycles. The molecule has 2 rings (SSSR count). The van der Waals surface area contributed by atoms with Crippen LogP contribution in [0.1, 0.15) is 18.0 Å². The molecule has 1 aliphatic rings. The number of nitrogens with zero attached hydrogens (tertiary/aromatic N) is 1. The fourth-order valence-corrected chi connectivity index (χ4v) is 2.77. The molecule has 0 radical (unpaired) electrons. The predicted molar refractivity (Wildman–Crippen MR) is 77.8 cm³/mol. The molecule has 0 aromatic heterocycles. The van der Waals surface area contributed by atoms with Crippen LogP contribution < -0.4 is 5.32 Å². The molecule has 0 bridgehead atoms. The highest BCUT2D eigenvalue weighted by atomic mass is 79.9. The van der Waals surface area contributed by atoms with E-state index in [4.69, 9.17) is 0 Å². The van der Waals surface area contributed by atoms with Gasteiger partial charge in [-0.3, -0.25) is 4.90 Å². The van der Waals surface area contributed by atoms with Gasteiger partial charge in [0.05, 0.1) is 0 Å². The van der Waals surface area contributed by atoms with Gasteiger partial charge in [-0.15, -0.1) is 6.58 Å². The van der Waals surface area contributed by atoms with Crippen LogP contribution in [-0.2, 0) is 0 Å². The maximum absolute atomic E-state index is 10.1. The van der Waals surface area contributed by atoms with Gasteiger partial charge in [0, 0.05) is 42.3 Å². The molecule has 18 heavy (non-hydrogen) atoms. The highest BCUT2D eigenvalue weighted by molar-refractivity contribution is 9.10. The molecule has 1 heterocycles. The fourth-order valence-electron chi connectivity index (χ4n) is 2.42. The van der Waals surface area contributed by atoms with E-state index in [-0.39, 0.29) is 6.04 Å². The molecule has 3 nitrogen and oxygen atoms in total. The number of phenols is 1. The summed E-state index contributed by atoms with van der Waals surface area (Å²) >= 11 is 3.38. The summed E-state index contributed by atoms with van der Waals surface area (Å²) in [4.78, 5) is 2.40. The summed E-state index contributed by atoms with van der Waals surface area (Å²) < 4.78 is 0.904. The molecule has 1 saturated heterocycles. The quantitative estimate of drug-likeness (QED) is 0.839. The van der Waals surface area contributed by atoms with Crippen molar-refractivity contribution in [1.29, 1.82) is 0 Å². The van der Waals surface area contributed by atoms with E-state index >= 15 is 0 Å². The van der Waals surface area contributed by atoms with Gasteiger partial charge < -0.3 is 10.4 Å². The maximum Gasteiger partial charge on any atom is 0.121 e. The second-order valence-corrected chi connectivity index (χ2v) is 5.44. The van der Waals surface area contributed by atoms with Gasteiger partial charge in [-0.1, -0.05) is 28.1 Å². The minimum atomic E-state index is 0.220. The first-order chi connectivity index (χ1) is 8.72. The first-order valence-electron chi connectivity index (χ1n) is 6.26. The number of rotatable bonds is 4. The van der Waals surface area contributed by atoms with Gasteiger partial charge in [-0.05, 0) is 18.6 Å². The lowest BCUT2D eigenvalue weighted by Crippen LogP contribution is -2.45. The Morgan fingerprint density at radius 2 is 2.17 bits per heavy atom. The summed E-state index contributed by atoms with van der Waals surface area (Å²) in [7, 11) is 0. The van der Waals surface area contributed by atoms with Crippen molar-refractivity contribution in [1.82, 2.24) is 10.2 Å². The van der Waals surface area contributed by atoms with Gasteiger partial charge in [-0.25, -0.2) is 0 Å². The van der Waals surface area contributed by atoms with Crippen LogP contribution in [0, 0.1) is 0 Å². The summed E-state index contributed by atoms with van der Waals surface area (Å²) in [5.41, 5.74) is 0.986. The molecule has 1 aromatic rings. The number of nitrogens with one attached hydrogen (secondary N) is 1. The van der Waals surface area contributed by atoms with Gasteiger partial charge in [0.15, 0.2) is 0 Å². The SMILES string of the molecule is C=CC[C@@H](c1ccc(Br)cc1O)N1CCNCC1. The van der Waals surface area contributed by atoms with Crippen molar-refractivity contribution in [2.24, 2.45) is 0 Å². The van der Waals surface area contributed by atoms with Crippen molar-refractivity contribution >= 4 is 15.9 Å². The van der Waals surface area contributed by atoms with Crippen molar-refractivity contribution < 1.29 is 5.11 Å². The fraction of sp³-hybridized carbons (Fsp3) is 0.429. The lowest BCUT2D eigenvalue weighted by atomic mass is 10.00. The van der Waals surface area contributed by atoms with Crippen LogP contribution in [0.25, 0.3) is 0 Å². The lowest BCUT2D eigenvalue weighted by Gasteiger charge is -2.35. The van der Waals surface area contributed by atoms with Gasteiger partial charge >= 0.3 is 0 Å². The molecular formula is C14H19BrN2O. The third kappa shape index (κ3) is 3.13. The van der Waals surface area contributed by atoms with Gasteiger partial charge in [0.1, 0.15) is 5.75 Å². The number of aromatic hydroxyl groups is 1. The Balaban J connectivity index is 2.24. The highest BCUT2D eigenvalue weighted by Gasteiger charge is 2.23. The average Bonchev–Trinajstić information content (AvgIpc) is 2.38. The second kappa shape index (κ2) is 6.36. The monoisotopic (exact) mass is 310 g/mol. The minimum absolute atomic E-state index is 0.220. The van der Waals surface area contributed by atoms with Crippen molar-refractivity contribution in [2.75, 3.05) is 26.2 Å². The molecule has 0 spiro atoms. The zero-order valence-electron chi connectivity index (χ0n) is 10.4. The lowest BCUT2D eigenvalue weighted by molar-refractivity contribution is 0.172. The zero-order chi connectivity index (χ0) is 13.0. The number of phenolic OH excluding ortho intramolecular Hbond substituents is 1. The molecule has 2 N–H and O–H groups in total. The Bertz CT molecular complexity index is 416. The summed E-state index contributed by atoms with van der Waals surface area (Å²) in [6.45, 7) is 7.86. The number of hydrogen-bond donors (Lipinski definition) is 2. The zero-order valence-corrected chi connectivity index (χ0v) is 12.0. The Labute approximate surface area is 117 Å². The minimum Gasteiger partial charge on any atom is -0.508 e. The first-order valence-corrected chi connectivity index (χ1v) is 7.05. The van der Waals surface area contributed by atoms with Crippen molar-refractivity contribution in [3.63, 3.8) is 0 Å². The smallest absolute Gasteiger partial charge is 0.121 e.